The Hall–Kier alpha value is -1.94. The highest BCUT2D eigenvalue weighted by atomic mass is 16.1. The first-order valence-electron chi connectivity index (χ1n) is 5.59. The number of hydrogen-bond acceptors (Lipinski definition) is 3. The molecular formula is C13H15N3O. The molecule has 0 saturated carbocycles. The maximum Gasteiger partial charge on any atom is 0.252 e. The molecule has 0 aliphatic carbocycles. The third kappa shape index (κ3) is 2.60. The molecular weight excluding hydrogens is 214 g/mol. The van der Waals surface area contributed by atoms with Crippen molar-refractivity contribution in [2.45, 2.75) is 0 Å². The van der Waals surface area contributed by atoms with Crippen LogP contribution < -0.4 is 10.6 Å². The van der Waals surface area contributed by atoms with Crippen molar-refractivity contribution >= 4 is 16.8 Å². The molecule has 88 valence electrons. The first-order chi connectivity index (χ1) is 8.33. The molecule has 1 amide bonds. The molecule has 2 N–H and O–H groups in total. The van der Waals surface area contributed by atoms with Gasteiger partial charge in [0.2, 0.25) is 0 Å². The van der Waals surface area contributed by atoms with E-state index in [0.717, 1.165) is 17.4 Å². The van der Waals surface area contributed by atoms with E-state index < -0.39 is 0 Å². The lowest BCUT2D eigenvalue weighted by Crippen LogP contribution is -2.30. The summed E-state index contributed by atoms with van der Waals surface area (Å²) in [5, 5.41) is 6.73. The summed E-state index contributed by atoms with van der Waals surface area (Å²) in [6.45, 7) is 1.38. The Morgan fingerprint density at radius 1 is 1.24 bits per heavy atom. The molecule has 1 aromatic heterocycles. The molecule has 0 fully saturated rings. The Bertz CT molecular complexity index is 520. The molecule has 0 spiro atoms. The van der Waals surface area contributed by atoms with Crippen molar-refractivity contribution in [1.29, 1.82) is 0 Å². The lowest BCUT2D eigenvalue weighted by Gasteiger charge is -2.07. The number of amides is 1. The molecule has 0 aliphatic heterocycles. The summed E-state index contributed by atoms with van der Waals surface area (Å²) in [5.41, 5.74) is 1.51. The third-order valence-electron chi connectivity index (χ3n) is 2.55. The quantitative estimate of drug-likeness (QED) is 0.774. The van der Waals surface area contributed by atoms with Gasteiger partial charge in [-0.05, 0) is 19.2 Å². The third-order valence-corrected chi connectivity index (χ3v) is 2.55. The predicted molar refractivity (Wildman–Crippen MR) is 68.0 cm³/mol. The lowest BCUT2D eigenvalue weighted by atomic mass is 10.1. The molecule has 17 heavy (non-hydrogen) atoms. The standard InChI is InChI=1S/C13H15N3O/c1-14-8-9-16-13(17)11-6-7-15-12-5-3-2-4-10(11)12/h2-7,14H,8-9H2,1H3,(H,16,17). The SMILES string of the molecule is CNCCNC(=O)c1ccnc2ccccc12. The predicted octanol–water partition coefficient (Wildman–Crippen LogP) is 1.18. The van der Waals surface area contributed by atoms with Crippen molar-refractivity contribution in [2.75, 3.05) is 20.1 Å². The van der Waals surface area contributed by atoms with Crippen LogP contribution in [0.3, 0.4) is 0 Å². The minimum absolute atomic E-state index is 0.0566. The van der Waals surface area contributed by atoms with Crippen LogP contribution in [0, 0.1) is 0 Å². The van der Waals surface area contributed by atoms with E-state index in [0.29, 0.717) is 12.1 Å². The van der Waals surface area contributed by atoms with Gasteiger partial charge in [0.05, 0.1) is 11.1 Å². The zero-order valence-corrected chi connectivity index (χ0v) is 9.73. The highest BCUT2D eigenvalue weighted by Gasteiger charge is 2.08. The average Bonchev–Trinajstić information content (AvgIpc) is 2.38. The summed E-state index contributed by atoms with van der Waals surface area (Å²) in [7, 11) is 1.86. The number of aromatic nitrogens is 1. The number of carbonyl (C=O) groups is 1. The molecule has 4 heteroatoms. The van der Waals surface area contributed by atoms with Gasteiger partial charge in [-0.25, -0.2) is 0 Å². The van der Waals surface area contributed by atoms with Gasteiger partial charge < -0.3 is 10.6 Å². The van der Waals surface area contributed by atoms with Gasteiger partial charge in [-0.1, -0.05) is 18.2 Å². The van der Waals surface area contributed by atoms with Crippen LogP contribution in [-0.4, -0.2) is 31.0 Å². The Kier molecular flexibility index (Phi) is 3.67. The van der Waals surface area contributed by atoms with Crippen LogP contribution in [-0.2, 0) is 0 Å². The second-order valence-electron chi connectivity index (χ2n) is 3.74. The minimum Gasteiger partial charge on any atom is -0.351 e. The fourth-order valence-corrected chi connectivity index (χ4v) is 1.69. The van der Waals surface area contributed by atoms with Crippen molar-refractivity contribution in [1.82, 2.24) is 15.6 Å². The maximum absolute atomic E-state index is 12.0. The summed E-state index contributed by atoms with van der Waals surface area (Å²) in [6, 6.07) is 9.39. The number of nitrogens with zero attached hydrogens (tertiary/aromatic N) is 1. The second-order valence-corrected chi connectivity index (χ2v) is 3.74. The van der Waals surface area contributed by atoms with Crippen LogP contribution in [0.4, 0.5) is 0 Å². The van der Waals surface area contributed by atoms with E-state index in [9.17, 15) is 4.79 Å². The summed E-state index contributed by atoms with van der Waals surface area (Å²) < 4.78 is 0. The van der Waals surface area contributed by atoms with Gasteiger partial charge in [0, 0.05) is 24.7 Å². The highest BCUT2D eigenvalue weighted by Crippen LogP contribution is 2.15. The second kappa shape index (κ2) is 5.41. The zero-order valence-electron chi connectivity index (χ0n) is 9.73. The molecule has 4 nitrogen and oxygen atoms in total. The Balaban J connectivity index is 2.26. The lowest BCUT2D eigenvalue weighted by molar-refractivity contribution is 0.0955. The van der Waals surface area contributed by atoms with E-state index in [1.165, 1.54) is 0 Å². The van der Waals surface area contributed by atoms with E-state index in [-0.39, 0.29) is 5.91 Å². The van der Waals surface area contributed by atoms with Gasteiger partial charge >= 0.3 is 0 Å². The van der Waals surface area contributed by atoms with Gasteiger partial charge in [0.25, 0.3) is 5.91 Å². The van der Waals surface area contributed by atoms with E-state index in [4.69, 9.17) is 0 Å². The molecule has 0 bridgehead atoms. The van der Waals surface area contributed by atoms with Crippen LogP contribution in [0.5, 0.6) is 0 Å². The number of rotatable bonds is 4. The van der Waals surface area contributed by atoms with E-state index in [1.54, 1.807) is 12.3 Å². The fraction of sp³-hybridized carbons (Fsp3) is 0.231. The van der Waals surface area contributed by atoms with Gasteiger partial charge in [0.1, 0.15) is 0 Å². The molecule has 1 aromatic carbocycles. The topological polar surface area (TPSA) is 54.0 Å². The number of fused-ring (bicyclic) bond motifs is 1. The number of likely N-dealkylation sites (N-methyl/N-ethyl adjacent to an activating group) is 1. The van der Waals surface area contributed by atoms with E-state index in [1.807, 2.05) is 31.3 Å². The summed E-state index contributed by atoms with van der Waals surface area (Å²) in [6.07, 6.45) is 1.66. The fourth-order valence-electron chi connectivity index (χ4n) is 1.69. The Labute approximate surface area is 100 Å². The molecule has 0 atom stereocenters. The van der Waals surface area contributed by atoms with Crippen molar-refractivity contribution in [3.63, 3.8) is 0 Å². The highest BCUT2D eigenvalue weighted by molar-refractivity contribution is 6.05. The number of benzene rings is 1. The van der Waals surface area contributed by atoms with Crippen molar-refractivity contribution in [2.24, 2.45) is 0 Å². The Morgan fingerprint density at radius 2 is 2.06 bits per heavy atom. The molecule has 1 heterocycles. The van der Waals surface area contributed by atoms with Gasteiger partial charge in [-0.3, -0.25) is 9.78 Å². The molecule has 2 aromatic rings. The number of para-hydroxylation sites is 1. The first-order valence-corrected chi connectivity index (χ1v) is 5.59. The Morgan fingerprint density at radius 3 is 2.88 bits per heavy atom. The monoisotopic (exact) mass is 229 g/mol. The summed E-state index contributed by atoms with van der Waals surface area (Å²) >= 11 is 0. The van der Waals surface area contributed by atoms with Gasteiger partial charge in [-0.2, -0.15) is 0 Å². The largest absolute Gasteiger partial charge is 0.351 e. The van der Waals surface area contributed by atoms with E-state index >= 15 is 0 Å². The van der Waals surface area contributed by atoms with Gasteiger partial charge in [0.15, 0.2) is 0 Å². The molecule has 0 unspecified atom stereocenters. The number of hydrogen-bond donors (Lipinski definition) is 2. The van der Waals surface area contributed by atoms with Crippen LogP contribution in [0.15, 0.2) is 36.5 Å². The zero-order chi connectivity index (χ0) is 12.1. The molecule has 0 radical (unpaired) electrons. The van der Waals surface area contributed by atoms with Crippen molar-refractivity contribution < 1.29 is 4.79 Å². The number of carbonyl (C=O) groups excluding carboxylic acids is 1. The van der Waals surface area contributed by atoms with Crippen LogP contribution in [0.25, 0.3) is 10.9 Å². The minimum atomic E-state index is -0.0566. The van der Waals surface area contributed by atoms with Crippen molar-refractivity contribution in [3.8, 4) is 0 Å². The van der Waals surface area contributed by atoms with Crippen molar-refractivity contribution in [3.05, 3.63) is 42.1 Å². The smallest absolute Gasteiger partial charge is 0.252 e. The molecule has 0 aliphatic rings. The summed E-state index contributed by atoms with van der Waals surface area (Å²) in [5.74, 6) is -0.0566. The van der Waals surface area contributed by atoms with Crippen LogP contribution in [0.2, 0.25) is 0 Å². The van der Waals surface area contributed by atoms with Gasteiger partial charge in [-0.15, -0.1) is 0 Å². The van der Waals surface area contributed by atoms with Crippen LogP contribution >= 0.6 is 0 Å². The van der Waals surface area contributed by atoms with E-state index in [2.05, 4.69) is 15.6 Å². The number of nitrogens with one attached hydrogen (secondary N) is 2. The normalized spacial score (nSPS) is 10.4. The van der Waals surface area contributed by atoms with Crippen LogP contribution in [0.1, 0.15) is 10.4 Å². The average molecular weight is 229 g/mol. The molecule has 0 saturated heterocycles. The molecule has 2 rings (SSSR count). The summed E-state index contributed by atoms with van der Waals surface area (Å²) in [4.78, 5) is 16.2. The number of pyridine rings is 1. The first kappa shape index (κ1) is 11.5. The maximum atomic E-state index is 12.0.